The summed E-state index contributed by atoms with van der Waals surface area (Å²) in [5, 5.41) is 1.14. The summed E-state index contributed by atoms with van der Waals surface area (Å²) in [5.41, 5.74) is 7.63. The van der Waals surface area contributed by atoms with E-state index in [0.717, 1.165) is 11.4 Å². The molecule has 3 aromatic rings. The summed E-state index contributed by atoms with van der Waals surface area (Å²) in [6, 6.07) is 15.1. The van der Waals surface area contributed by atoms with E-state index in [1.165, 1.54) is 0 Å². The maximum absolute atomic E-state index is 13.1. The van der Waals surface area contributed by atoms with Crippen LogP contribution in [0.1, 0.15) is 31.2 Å². The molecule has 0 amide bonds. The minimum Gasteiger partial charge on any atom is -0.330 e. The lowest BCUT2D eigenvalue weighted by Crippen LogP contribution is -2.31. The maximum Gasteiger partial charge on any atom is 0.261 e. The monoisotopic (exact) mass is 355 g/mol. The van der Waals surface area contributed by atoms with Crippen LogP contribution < -0.4 is 11.3 Å². The van der Waals surface area contributed by atoms with Crippen LogP contribution in [-0.2, 0) is 6.54 Å². The van der Waals surface area contributed by atoms with Crippen molar-refractivity contribution in [3.05, 3.63) is 75.3 Å². The smallest absolute Gasteiger partial charge is 0.261 e. The summed E-state index contributed by atoms with van der Waals surface area (Å²) in [7, 11) is 0. The lowest BCUT2D eigenvalue weighted by atomic mass is 9.94. The molecule has 0 saturated carbocycles. The van der Waals surface area contributed by atoms with Crippen LogP contribution in [0.15, 0.2) is 53.3 Å². The molecule has 3 rings (SSSR count). The standard InChI is InChI=1S/C20H22ClN3O/c1-13(2)17(11-22)19-23-18-10-15(21)8-9-16(18)20(25)24(19)12-14-6-4-3-5-7-14/h3-10,13,17H,11-12,22H2,1-2H3. The van der Waals surface area contributed by atoms with Gasteiger partial charge in [0, 0.05) is 17.5 Å². The van der Waals surface area contributed by atoms with Crippen molar-refractivity contribution in [3.8, 4) is 0 Å². The minimum absolute atomic E-state index is 0.000191. The van der Waals surface area contributed by atoms with Gasteiger partial charge in [0.05, 0.1) is 17.4 Å². The number of hydrogen-bond acceptors (Lipinski definition) is 3. The van der Waals surface area contributed by atoms with Gasteiger partial charge in [-0.2, -0.15) is 0 Å². The first-order valence-corrected chi connectivity index (χ1v) is 8.83. The third-order valence-electron chi connectivity index (χ3n) is 4.52. The highest BCUT2D eigenvalue weighted by molar-refractivity contribution is 6.31. The SMILES string of the molecule is CC(C)C(CN)c1nc2cc(Cl)ccc2c(=O)n1Cc1ccccc1. The molecular formula is C20H22ClN3O. The first-order valence-electron chi connectivity index (χ1n) is 8.45. The molecule has 1 heterocycles. The van der Waals surface area contributed by atoms with Gasteiger partial charge in [0.15, 0.2) is 0 Å². The van der Waals surface area contributed by atoms with Gasteiger partial charge in [-0.25, -0.2) is 4.98 Å². The van der Waals surface area contributed by atoms with Crippen molar-refractivity contribution in [1.29, 1.82) is 0 Å². The summed E-state index contributed by atoms with van der Waals surface area (Å²) in [6.07, 6.45) is 0. The van der Waals surface area contributed by atoms with Crippen LogP contribution in [0.3, 0.4) is 0 Å². The van der Waals surface area contributed by atoms with Gasteiger partial charge >= 0.3 is 0 Å². The number of hydrogen-bond donors (Lipinski definition) is 1. The van der Waals surface area contributed by atoms with Crippen molar-refractivity contribution in [1.82, 2.24) is 9.55 Å². The highest BCUT2D eigenvalue weighted by Crippen LogP contribution is 2.24. The average molecular weight is 356 g/mol. The number of nitrogens with two attached hydrogens (primary N) is 1. The maximum atomic E-state index is 13.1. The topological polar surface area (TPSA) is 60.9 Å². The van der Waals surface area contributed by atoms with Crippen molar-refractivity contribution in [2.45, 2.75) is 26.3 Å². The molecule has 0 aliphatic rings. The molecule has 1 unspecified atom stereocenters. The van der Waals surface area contributed by atoms with Gasteiger partial charge < -0.3 is 5.73 Å². The molecule has 5 heteroatoms. The largest absolute Gasteiger partial charge is 0.330 e. The molecular weight excluding hydrogens is 334 g/mol. The number of fused-ring (bicyclic) bond motifs is 1. The lowest BCUT2D eigenvalue weighted by molar-refractivity contribution is 0.458. The van der Waals surface area contributed by atoms with Gasteiger partial charge in [0.1, 0.15) is 5.82 Å². The number of aromatic nitrogens is 2. The molecule has 130 valence electrons. The Labute approximate surface area is 152 Å². The van der Waals surface area contributed by atoms with E-state index in [1.807, 2.05) is 30.3 Å². The minimum atomic E-state index is -0.0559. The molecule has 1 atom stereocenters. The molecule has 0 aliphatic carbocycles. The van der Waals surface area contributed by atoms with Crippen molar-refractivity contribution in [2.24, 2.45) is 11.7 Å². The summed E-state index contributed by atoms with van der Waals surface area (Å²) >= 11 is 6.10. The Bertz CT molecular complexity index is 935. The highest BCUT2D eigenvalue weighted by Gasteiger charge is 2.22. The molecule has 1 aromatic heterocycles. The quantitative estimate of drug-likeness (QED) is 0.757. The first kappa shape index (κ1) is 17.6. The molecule has 0 fully saturated rings. The fraction of sp³-hybridized carbons (Fsp3) is 0.300. The lowest BCUT2D eigenvalue weighted by Gasteiger charge is -2.23. The van der Waals surface area contributed by atoms with Gasteiger partial charge in [0.25, 0.3) is 5.56 Å². The van der Waals surface area contributed by atoms with E-state index in [9.17, 15) is 4.79 Å². The van der Waals surface area contributed by atoms with Crippen LogP contribution in [0.4, 0.5) is 0 Å². The van der Waals surface area contributed by atoms with Gasteiger partial charge in [0.2, 0.25) is 0 Å². The number of benzene rings is 2. The summed E-state index contributed by atoms with van der Waals surface area (Å²) in [5.74, 6) is 0.997. The van der Waals surface area contributed by atoms with E-state index < -0.39 is 0 Å². The van der Waals surface area contributed by atoms with Crippen molar-refractivity contribution in [3.63, 3.8) is 0 Å². The fourth-order valence-corrected chi connectivity index (χ4v) is 3.26. The zero-order chi connectivity index (χ0) is 18.0. The second kappa shape index (κ2) is 7.38. The van der Waals surface area contributed by atoms with E-state index >= 15 is 0 Å². The van der Waals surface area contributed by atoms with Crippen molar-refractivity contribution < 1.29 is 0 Å². The predicted octanol–water partition coefficient (Wildman–Crippen LogP) is 3.80. The van der Waals surface area contributed by atoms with Crippen LogP contribution in [0.2, 0.25) is 5.02 Å². The van der Waals surface area contributed by atoms with Gasteiger partial charge in [-0.05, 0) is 29.7 Å². The Morgan fingerprint density at radius 3 is 2.52 bits per heavy atom. The molecule has 0 saturated heterocycles. The molecule has 0 bridgehead atoms. The van der Waals surface area contributed by atoms with E-state index in [1.54, 1.807) is 22.8 Å². The summed E-state index contributed by atoms with van der Waals surface area (Å²) in [6.45, 7) is 5.10. The van der Waals surface area contributed by atoms with E-state index in [0.29, 0.717) is 29.0 Å². The second-order valence-electron chi connectivity index (χ2n) is 6.59. The Morgan fingerprint density at radius 2 is 1.88 bits per heavy atom. The number of halogens is 1. The van der Waals surface area contributed by atoms with Gasteiger partial charge in [-0.15, -0.1) is 0 Å². The first-order chi connectivity index (χ1) is 12.0. The highest BCUT2D eigenvalue weighted by atomic mass is 35.5. The van der Waals surface area contributed by atoms with Crippen LogP contribution in [0.5, 0.6) is 0 Å². The molecule has 2 N–H and O–H groups in total. The predicted molar refractivity (Wildman–Crippen MR) is 103 cm³/mol. The van der Waals surface area contributed by atoms with Crippen LogP contribution in [0, 0.1) is 5.92 Å². The third kappa shape index (κ3) is 3.60. The third-order valence-corrected chi connectivity index (χ3v) is 4.76. The van der Waals surface area contributed by atoms with Crippen molar-refractivity contribution in [2.75, 3.05) is 6.54 Å². The summed E-state index contributed by atoms with van der Waals surface area (Å²) in [4.78, 5) is 17.9. The van der Waals surface area contributed by atoms with E-state index in [-0.39, 0.29) is 17.4 Å². The molecule has 25 heavy (non-hydrogen) atoms. The van der Waals surface area contributed by atoms with E-state index in [2.05, 4.69) is 13.8 Å². The zero-order valence-corrected chi connectivity index (χ0v) is 15.2. The van der Waals surface area contributed by atoms with Gasteiger partial charge in [-0.1, -0.05) is 55.8 Å². The Kier molecular flexibility index (Phi) is 5.21. The molecule has 0 spiro atoms. The second-order valence-corrected chi connectivity index (χ2v) is 7.03. The van der Waals surface area contributed by atoms with Gasteiger partial charge in [-0.3, -0.25) is 9.36 Å². The Hall–Kier alpha value is -2.17. The molecule has 2 aromatic carbocycles. The van der Waals surface area contributed by atoms with Crippen molar-refractivity contribution >= 4 is 22.5 Å². The normalized spacial score (nSPS) is 12.7. The average Bonchev–Trinajstić information content (AvgIpc) is 2.59. The molecule has 0 radical (unpaired) electrons. The Morgan fingerprint density at radius 1 is 1.16 bits per heavy atom. The van der Waals surface area contributed by atoms with Crippen LogP contribution in [-0.4, -0.2) is 16.1 Å². The van der Waals surface area contributed by atoms with Crippen LogP contribution >= 0.6 is 11.6 Å². The molecule has 0 aliphatic heterocycles. The van der Waals surface area contributed by atoms with E-state index in [4.69, 9.17) is 22.3 Å². The summed E-state index contributed by atoms with van der Waals surface area (Å²) < 4.78 is 1.75. The number of nitrogens with zero attached hydrogens (tertiary/aromatic N) is 2. The number of rotatable bonds is 5. The van der Waals surface area contributed by atoms with Crippen LogP contribution in [0.25, 0.3) is 10.9 Å². The Balaban J connectivity index is 2.25. The molecule has 4 nitrogen and oxygen atoms in total. The zero-order valence-electron chi connectivity index (χ0n) is 14.4. The fourth-order valence-electron chi connectivity index (χ4n) is 3.09.